The molecule has 6 rings (SSSR count). The van der Waals surface area contributed by atoms with Crippen molar-refractivity contribution in [1.29, 1.82) is 0 Å². The fourth-order valence-corrected chi connectivity index (χ4v) is 5.78. The molecule has 3 heterocycles. The Morgan fingerprint density at radius 1 is 1.18 bits per heavy atom. The van der Waals surface area contributed by atoms with Crippen LogP contribution >= 0.6 is 23.2 Å². The van der Waals surface area contributed by atoms with Crippen molar-refractivity contribution in [2.24, 2.45) is 0 Å². The Hall–Kier alpha value is -3.66. The van der Waals surface area contributed by atoms with Crippen LogP contribution in [0, 0.1) is 12.7 Å². The van der Waals surface area contributed by atoms with Gasteiger partial charge in [-0.3, -0.25) is 0 Å². The summed E-state index contributed by atoms with van der Waals surface area (Å²) < 4.78 is 25.7. The highest BCUT2D eigenvalue weighted by molar-refractivity contribution is 6.33. The molecule has 11 heteroatoms. The minimum atomic E-state index is -1.23. The molecule has 40 heavy (non-hydrogen) atoms. The minimum Gasteiger partial charge on any atom is -0.489 e. The van der Waals surface area contributed by atoms with Crippen LogP contribution < -0.4 is 9.64 Å². The van der Waals surface area contributed by atoms with Crippen molar-refractivity contribution in [3.63, 3.8) is 0 Å². The number of aliphatic hydroxyl groups is 1. The molecule has 0 atom stereocenters. The number of aromatic nitrogens is 2. The van der Waals surface area contributed by atoms with Gasteiger partial charge in [0.2, 0.25) is 0 Å². The third-order valence-electron chi connectivity index (χ3n) is 7.30. The summed E-state index contributed by atoms with van der Waals surface area (Å²) in [5, 5.41) is 25.3. The van der Waals surface area contributed by atoms with Crippen LogP contribution in [-0.4, -0.2) is 39.4 Å². The average Bonchev–Trinajstić information content (AvgIpc) is 3.65. The Morgan fingerprint density at radius 2 is 1.95 bits per heavy atom. The fraction of sp³-hybridized carbons (Fsp3) is 0.276. The number of rotatable bonds is 8. The highest BCUT2D eigenvalue weighted by Crippen LogP contribution is 2.46. The number of nitrogens with zero attached hydrogens (tertiary/aromatic N) is 3. The van der Waals surface area contributed by atoms with Crippen molar-refractivity contribution >= 4 is 35.0 Å². The first-order chi connectivity index (χ1) is 19.1. The van der Waals surface area contributed by atoms with E-state index in [1.807, 2.05) is 0 Å². The summed E-state index contributed by atoms with van der Waals surface area (Å²) in [4.78, 5) is 17.3. The van der Waals surface area contributed by atoms with Crippen LogP contribution in [-0.2, 0) is 12.2 Å². The summed E-state index contributed by atoms with van der Waals surface area (Å²) in [5.74, 6) is 0.477. The zero-order valence-corrected chi connectivity index (χ0v) is 22.8. The first-order valence-corrected chi connectivity index (χ1v) is 13.4. The third kappa shape index (κ3) is 4.89. The van der Waals surface area contributed by atoms with Crippen molar-refractivity contribution in [3.05, 3.63) is 92.5 Å². The molecule has 2 aromatic heterocycles. The summed E-state index contributed by atoms with van der Waals surface area (Å²) in [7, 11) is 0. The van der Waals surface area contributed by atoms with E-state index in [-0.39, 0.29) is 36.2 Å². The fourth-order valence-electron chi connectivity index (χ4n) is 5.09. The van der Waals surface area contributed by atoms with Gasteiger partial charge in [0.1, 0.15) is 41.0 Å². The van der Waals surface area contributed by atoms with E-state index in [4.69, 9.17) is 32.5 Å². The van der Waals surface area contributed by atoms with Gasteiger partial charge in [0.25, 0.3) is 0 Å². The van der Waals surface area contributed by atoms with Gasteiger partial charge in [0, 0.05) is 23.2 Å². The average molecular weight is 584 g/mol. The topological polar surface area (TPSA) is 109 Å². The number of hydrogen-bond donors (Lipinski definition) is 2. The maximum absolute atomic E-state index is 13.9. The molecule has 0 radical (unpaired) electrons. The smallest absolute Gasteiger partial charge is 0.335 e. The van der Waals surface area contributed by atoms with Gasteiger partial charge in [-0.1, -0.05) is 34.4 Å². The van der Waals surface area contributed by atoms with Crippen LogP contribution in [0.4, 0.5) is 10.2 Å². The van der Waals surface area contributed by atoms with Gasteiger partial charge in [0.15, 0.2) is 0 Å². The van der Waals surface area contributed by atoms with E-state index in [1.54, 1.807) is 30.0 Å². The highest BCUT2D eigenvalue weighted by atomic mass is 35.5. The molecule has 0 bridgehead atoms. The van der Waals surface area contributed by atoms with Crippen LogP contribution in [0.1, 0.15) is 51.6 Å². The molecule has 0 amide bonds. The lowest BCUT2D eigenvalue weighted by atomic mass is 9.86. The van der Waals surface area contributed by atoms with Crippen LogP contribution in [0.3, 0.4) is 0 Å². The maximum atomic E-state index is 13.9. The number of aromatic carboxylic acids is 1. The van der Waals surface area contributed by atoms with E-state index < -0.39 is 17.4 Å². The monoisotopic (exact) mass is 583 g/mol. The second-order valence-corrected chi connectivity index (χ2v) is 11.1. The number of carboxylic acid groups (broad SMARTS) is 1. The van der Waals surface area contributed by atoms with Crippen molar-refractivity contribution in [3.8, 4) is 17.0 Å². The first kappa shape index (κ1) is 26.6. The van der Waals surface area contributed by atoms with Gasteiger partial charge in [-0.05, 0) is 61.7 Å². The predicted octanol–water partition coefficient (Wildman–Crippen LogP) is 6.35. The molecule has 2 fully saturated rings. The molecule has 0 unspecified atom stereocenters. The number of pyridine rings is 1. The van der Waals surface area contributed by atoms with Crippen molar-refractivity contribution in [2.45, 2.75) is 37.9 Å². The van der Waals surface area contributed by atoms with Crippen LogP contribution in [0.2, 0.25) is 10.0 Å². The quantitative estimate of drug-likeness (QED) is 0.247. The molecule has 8 nitrogen and oxygen atoms in total. The normalized spacial score (nSPS) is 16.1. The van der Waals surface area contributed by atoms with E-state index in [2.05, 4.69) is 10.1 Å². The number of carbonyl (C=O) groups is 1. The van der Waals surface area contributed by atoms with Gasteiger partial charge >= 0.3 is 5.97 Å². The van der Waals surface area contributed by atoms with Crippen LogP contribution in [0.5, 0.6) is 5.75 Å². The Bertz CT molecular complexity index is 1610. The van der Waals surface area contributed by atoms with E-state index in [1.165, 1.54) is 30.5 Å². The van der Waals surface area contributed by atoms with Crippen molar-refractivity contribution < 1.29 is 28.7 Å². The Kier molecular flexibility index (Phi) is 6.68. The van der Waals surface area contributed by atoms with Gasteiger partial charge < -0.3 is 24.4 Å². The molecular weight excluding hydrogens is 560 g/mol. The van der Waals surface area contributed by atoms with Gasteiger partial charge in [0.05, 0.1) is 34.3 Å². The zero-order chi connectivity index (χ0) is 28.2. The Labute approximate surface area is 238 Å². The maximum Gasteiger partial charge on any atom is 0.335 e. The zero-order valence-electron chi connectivity index (χ0n) is 21.3. The number of β-amino-alcohol motifs (C(OH)–C–C–N with tert-alkyl or cyclic N) is 1. The number of benzene rings is 2. The number of hydrogen-bond acceptors (Lipinski definition) is 7. The molecule has 4 aromatic rings. The molecule has 1 aliphatic carbocycles. The standard InChI is InChI=1S/C29H24Cl2FN3O5/c1-15-8-18(32)10-23(31)25(15)26-20(27(40-34-26)16-2-3-16)12-39-19-4-5-21(22(30)11-19)29(38)13-35(14-29)24-9-17(28(36)37)6-7-33-24/h4-11,16,38H,2-3,12-14H2,1H3,(H,36,37). The summed E-state index contributed by atoms with van der Waals surface area (Å²) in [6.07, 6.45) is 3.41. The predicted molar refractivity (Wildman–Crippen MR) is 147 cm³/mol. The van der Waals surface area contributed by atoms with Gasteiger partial charge in [-0.25, -0.2) is 14.2 Å². The minimum absolute atomic E-state index is 0.123. The molecular formula is C29H24Cl2FN3O5. The molecule has 1 aliphatic heterocycles. The number of anilines is 1. The summed E-state index contributed by atoms with van der Waals surface area (Å²) >= 11 is 13.0. The summed E-state index contributed by atoms with van der Waals surface area (Å²) in [5.41, 5.74) is 1.95. The second-order valence-electron chi connectivity index (χ2n) is 10.3. The molecule has 0 spiro atoms. The van der Waals surface area contributed by atoms with E-state index in [0.29, 0.717) is 39.0 Å². The lowest BCUT2D eigenvalue weighted by molar-refractivity contribution is 0.00712. The van der Waals surface area contributed by atoms with Crippen molar-refractivity contribution in [2.75, 3.05) is 18.0 Å². The second kappa shape index (κ2) is 10.1. The molecule has 1 saturated carbocycles. The summed E-state index contributed by atoms with van der Waals surface area (Å²) in [6.45, 7) is 2.31. The van der Waals surface area contributed by atoms with Crippen LogP contribution in [0.15, 0.2) is 53.2 Å². The number of aryl methyl sites for hydroxylation is 1. The van der Waals surface area contributed by atoms with E-state index in [0.717, 1.165) is 24.2 Å². The third-order valence-corrected chi connectivity index (χ3v) is 7.91. The molecule has 206 valence electrons. The van der Waals surface area contributed by atoms with Crippen molar-refractivity contribution in [1.82, 2.24) is 10.1 Å². The molecule has 2 N–H and O–H groups in total. The number of ether oxygens (including phenoxy) is 1. The SMILES string of the molecule is Cc1cc(F)cc(Cl)c1-c1noc(C2CC2)c1COc1ccc(C2(O)CN(c3cc(C(=O)O)ccn3)C2)c(Cl)c1. The molecule has 2 aliphatic rings. The first-order valence-electron chi connectivity index (χ1n) is 12.7. The Balaban J connectivity index is 1.20. The highest BCUT2D eigenvalue weighted by Gasteiger charge is 2.45. The van der Waals surface area contributed by atoms with Gasteiger partial charge in [-0.15, -0.1) is 0 Å². The summed E-state index contributed by atoms with van der Waals surface area (Å²) in [6, 6.07) is 10.6. The van der Waals surface area contributed by atoms with Crippen LogP contribution in [0.25, 0.3) is 11.3 Å². The lowest BCUT2D eigenvalue weighted by Crippen LogP contribution is -2.60. The van der Waals surface area contributed by atoms with E-state index >= 15 is 0 Å². The van der Waals surface area contributed by atoms with E-state index in [9.17, 15) is 19.4 Å². The lowest BCUT2D eigenvalue weighted by Gasteiger charge is -2.47. The number of carboxylic acids is 1. The largest absolute Gasteiger partial charge is 0.489 e. The number of halogens is 3. The molecule has 1 saturated heterocycles. The van der Waals surface area contributed by atoms with Gasteiger partial charge in [-0.2, -0.15) is 0 Å². The Morgan fingerprint density at radius 3 is 2.62 bits per heavy atom. The molecule has 2 aromatic carbocycles.